The molecule has 0 aromatic heterocycles. The lowest BCUT2D eigenvalue weighted by molar-refractivity contribution is -0.117. The Morgan fingerprint density at radius 2 is 2.15 bits per heavy atom. The summed E-state index contributed by atoms with van der Waals surface area (Å²) in [4.78, 5) is 10.7. The summed E-state index contributed by atoms with van der Waals surface area (Å²) >= 11 is 0. The third-order valence-electron chi connectivity index (χ3n) is 2.81. The van der Waals surface area contributed by atoms with Gasteiger partial charge in [-0.2, -0.15) is 0 Å². The molecule has 2 atom stereocenters. The van der Waals surface area contributed by atoms with Crippen LogP contribution < -0.4 is 0 Å². The summed E-state index contributed by atoms with van der Waals surface area (Å²) in [7, 11) is 0. The molecule has 1 rings (SSSR count). The molecule has 0 saturated carbocycles. The monoisotopic (exact) mass is 180 g/mol. The second-order valence-corrected chi connectivity index (χ2v) is 4.29. The standard InChI is InChI=1S/C12H20O/c1-10-6-8-12(9-7-10)5-3-4-11(2)13/h6,8,10,12H,3-5,7,9H2,1-2H3. The lowest BCUT2D eigenvalue weighted by Crippen LogP contribution is -2.06. The molecule has 1 aliphatic carbocycles. The maximum Gasteiger partial charge on any atom is 0.129 e. The molecule has 0 radical (unpaired) electrons. The second kappa shape index (κ2) is 5.21. The van der Waals surface area contributed by atoms with E-state index in [1.165, 1.54) is 19.3 Å². The molecule has 0 N–H and O–H groups in total. The lowest BCUT2D eigenvalue weighted by Gasteiger charge is -2.19. The molecule has 0 aliphatic heterocycles. The molecule has 0 aromatic rings. The first-order valence-corrected chi connectivity index (χ1v) is 5.36. The Morgan fingerprint density at radius 1 is 1.38 bits per heavy atom. The normalized spacial score (nSPS) is 27.5. The van der Waals surface area contributed by atoms with Gasteiger partial charge in [-0.25, -0.2) is 0 Å². The minimum Gasteiger partial charge on any atom is -0.300 e. The molecule has 13 heavy (non-hydrogen) atoms. The van der Waals surface area contributed by atoms with Gasteiger partial charge in [0.2, 0.25) is 0 Å². The third kappa shape index (κ3) is 4.25. The quantitative estimate of drug-likeness (QED) is 0.606. The SMILES string of the molecule is CC(=O)CCCC1C=CC(C)CC1. The number of hydrogen-bond acceptors (Lipinski definition) is 1. The Kier molecular flexibility index (Phi) is 4.20. The number of hydrogen-bond donors (Lipinski definition) is 0. The molecule has 1 nitrogen and oxygen atoms in total. The Balaban J connectivity index is 2.15. The number of Topliss-reactive ketones (excluding diaryl/α,β-unsaturated/α-hetero) is 1. The first kappa shape index (κ1) is 10.5. The van der Waals surface area contributed by atoms with E-state index in [4.69, 9.17) is 0 Å². The number of ketones is 1. The van der Waals surface area contributed by atoms with E-state index in [1.807, 2.05) is 0 Å². The van der Waals surface area contributed by atoms with Crippen LogP contribution in [0.5, 0.6) is 0 Å². The molecule has 1 aliphatic rings. The fraction of sp³-hybridized carbons (Fsp3) is 0.750. The van der Waals surface area contributed by atoms with E-state index >= 15 is 0 Å². The van der Waals surface area contributed by atoms with Gasteiger partial charge < -0.3 is 4.79 Å². The second-order valence-electron chi connectivity index (χ2n) is 4.29. The zero-order valence-electron chi connectivity index (χ0n) is 8.75. The Hall–Kier alpha value is -0.590. The van der Waals surface area contributed by atoms with Gasteiger partial charge in [-0.05, 0) is 44.4 Å². The van der Waals surface area contributed by atoms with E-state index in [0.717, 1.165) is 24.7 Å². The van der Waals surface area contributed by atoms with Gasteiger partial charge in [0.15, 0.2) is 0 Å². The summed E-state index contributed by atoms with van der Waals surface area (Å²) in [5.74, 6) is 1.84. The summed E-state index contributed by atoms with van der Waals surface area (Å²) < 4.78 is 0. The summed E-state index contributed by atoms with van der Waals surface area (Å²) in [5, 5.41) is 0. The van der Waals surface area contributed by atoms with Gasteiger partial charge in [0.05, 0.1) is 0 Å². The molecular weight excluding hydrogens is 160 g/mol. The first-order chi connectivity index (χ1) is 6.18. The molecule has 0 spiro atoms. The van der Waals surface area contributed by atoms with Crippen LogP contribution in [0.4, 0.5) is 0 Å². The smallest absolute Gasteiger partial charge is 0.129 e. The number of rotatable bonds is 4. The van der Waals surface area contributed by atoms with Crippen LogP contribution in [0.15, 0.2) is 12.2 Å². The van der Waals surface area contributed by atoms with Crippen LogP contribution in [0.2, 0.25) is 0 Å². The van der Waals surface area contributed by atoms with Crippen molar-refractivity contribution >= 4 is 5.78 Å². The van der Waals surface area contributed by atoms with Crippen molar-refractivity contribution in [2.75, 3.05) is 0 Å². The van der Waals surface area contributed by atoms with Crippen molar-refractivity contribution in [1.82, 2.24) is 0 Å². The van der Waals surface area contributed by atoms with Gasteiger partial charge in [-0.1, -0.05) is 19.1 Å². The van der Waals surface area contributed by atoms with Crippen LogP contribution in [0.3, 0.4) is 0 Å². The van der Waals surface area contributed by atoms with Crippen LogP contribution in [-0.4, -0.2) is 5.78 Å². The number of allylic oxidation sites excluding steroid dienone is 2. The first-order valence-electron chi connectivity index (χ1n) is 5.36. The van der Waals surface area contributed by atoms with Gasteiger partial charge in [-0.15, -0.1) is 0 Å². The van der Waals surface area contributed by atoms with Crippen molar-refractivity contribution in [3.05, 3.63) is 12.2 Å². The molecule has 74 valence electrons. The van der Waals surface area contributed by atoms with Crippen molar-refractivity contribution in [1.29, 1.82) is 0 Å². The maximum atomic E-state index is 10.7. The van der Waals surface area contributed by atoms with Crippen LogP contribution in [0, 0.1) is 11.8 Å². The highest BCUT2D eigenvalue weighted by Crippen LogP contribution is 2.25. The topological polar surface area (TPSA) is 17.1 Å². The highest BCUT2D eigenvalue weighted by atomic mass is 16.1. The van der Waals surface area contributed by atoms with Crippen LogP contribution in [-0.2, 0) is 4.79 Å². The summed E-state index contributed by atoms with van der Waals surface area (Å²) in [6.07, 6.45) is 10.3. The highest BCUT2D eigenvalue weighted by Gasteiger charge is 2.12. The summed E-state index contributed by atoms with van der Waals surface area (Å²) in [6.45, 7) is 3.95. The Morgan fingerprint density at radius 3 is 2.69 bits per heavy atom. The highest BCUT2D eigenvalue weighted by molar-refractivity contribution is 5.75. The molecule has 0 saturated heterocycles. The molecule has 0 amide bonds. The maximum absolute atomic E-state index is 10.7. The average molecular weight is 180 g/mol. The average Bonchev–Trinajstić information content (AvgIpc) is 2.08. The van der Waals surface area contributed by atoms with E-state index in [1.54, 1.807) is 6.92 Å². The summed E-state index contributed by atoms with van der Waals surface area (Å²) in [5.41, 5.74) is 0. The van der Waals surface area contributed by atoms with Gasteiger partial charge >= 0.3 is 0 Å². The molecule has 1 heteroatoms. The lowest BCUT2D eigenvalue weighted by atomic mass is 9.86. The van der Waals surface area contributed by atoms with Crippen molar-refractivity contribution in [3.8, 4) is 0 Å². The number of carbonyl (C=O) groups is 1. The Bertz CT molecular complexity index is 193. The molecule has 0 heterocycles. The van der Waals surface area contributed by atoms with Crippen LogP contribution in [0.25, 0.3) is 0 Å². The van der Waals surface area contributed by atoms with E-state index < -0.39 is 0 Å². The van der Waals surface area contributed by atoms with Gasteiger partial charge in [-0.3, -0.25) is 0 Å². The predicted octanol–water partition coefficient (Wildman–Crippen LogP) is 3.35. The van der Waals surface area contributed by atoms with E-state index in [9.17, 15) is 4.79 Å². The molecular formula is C12H20O. The van der Waals surface area contributed by atoms with E-state index in [0.29, 0.717) is 5.78 Å². The van der Waals surface area contributed by atoms with Crippen molar-refractivity contribution < 1.29 is 4.79 Å². The molecule has 0 fully saturated rings. The fourth-order valence-electron chi connectivity index (χ4n) is 1.87. The minimum atomic E-state index is 0.327. The predicted molar refractivity (Wildman–Crippen MR) is 55.6 cm³/mol. The van der Waals surface area contributed by atoms with Crippen molar-refractivity contribution in [2.24, 2.45) is 11.8 Å². The fourth-order valence-corrected chi connectivity index (χ4v) is 1.87. The zero-order chi connectivity index (χ0) is 9.68. The van der Waals surface area contributed by atoms with Crippen LogP contribution >= 0.6 is 0 Å². The van der Waals surface area contributed by atoms with Gasteiger partial charge in [0.25, 0.3) is 0 Å². The van der Waals surface area contributed by atoms with Gasteiger partial charge in [0, 0.05) is 6.42 Å². The Labute approximate surface area is 81.2 Å². The van der Waals surface area contributed by atoms with Crippen molar-refractivity contribution in [2.45, 2.75) is 46.0 Å². The largest absolute Gasteiger partial charge is 0.300 e. The molecule has 2 unspecified atom stereocenters. The zero-order valence-corrected chi connectivity index (χ0v) is 8.75. The van der Waals surface area contributed by atoms with E-state index in [2.05, 4.69) is 19.1 Å². The minimum absolute atomic E-state index is 0.327. The molecule has 0 bridgehead atoms. The van der Waals surface area contributed by atoms with Gasteiger partial charge in [0.1, 0.15) is 5.78 Å². The van der Waals surface area contributed by atoms with Crippen molar-refractivity contribution in [3.63, 3.8) is 0 Å². The number of carbonyl (C=O) groups excluding carboxylic acids is 1. The van der Waals surface area contributed by atoms with E-state index in [-0.39, 0.29) is 0 Å². The third-order valence-corrected chi connectivity index (χ3v) is 2.81. The summed E-state index contributed by atoms with van der Waals surface area (Å²) in [6, 6.07) is 0. The molecule has 0 aromatic carbocycles. The van der Waals surface area contributed by atoms with Crippen LogP contribution in [0.1, 0.15) is 46.0 Å².